The maximum Gasteiger partial charge on any atom is 0.193 e. The van der Waals surface area contributed by atoms with Gasteiger partial charge in [0, 0.05) is 39.8 Å². The van der Waals surface area contributed by atoms with Gasteiger partial charge in [0.15, 0.2) is 5.96 Å². The van der Waals surface area contributed by atoms with Crippen LogP contribution < -0.4 is 5.32 Å². The lowest BCUT2D eigenvalue weighted by atomic mass is 10.0. The number of hydrogen-bond acceptors (Lipinski definition) is 2. The first-order valence-corrected chi connectivity index (χ1v) is 8.40. The molecule has 1 aliphatic heterocycles. The highest BCUT2D eigenvalue weighted by molar-refractivity contribution is 5.79. The molecule has 0 spiro atoms. The van der Waals surface area contributed by atoms with Crippen LogP contribution >= 0.6 is 0 Å². The summed E-state index contributed by atoms with van der Waals surface area (Å²) >= 11 is 0. The van der Waals surface area contributed by atoms with Gasteiger partial charge in [0.25, 0.3) is 0 Å². The summed E-state index contributed by atoms with van der Waals surface area (Å²) in [5.74, 6) is 0.966. The molecule has 0 aromatic heterocycles. The second-order valence-corrected chi connectivity index (χ2v) is 6.20. The van der Waals surface area contributed by atoms with Crippen molar-refractivity contribution in [2.45, 2.75) is 38.8 Å². The van der Waals surface area contributed by atoms with Crippen LogP contribution in [0.1, 0.15) is 31.7 Å². The minimum absolute atomic E-state index is 0.722. The number of benzene rings is 1. The van der Waals surface area contributed by atoms with E-state index in [1.165, 1.54) is 31.4 Å². The monoisotopic (exact) mass is 302 g/mol. The molecule has 1 heterocycles. The zero-order chi connectivity index (χ0) is 15.8. The Morgan fingerprint density at radius 2 is 2.09 bits per heavy atom. The first kappa shape index (κ1) is 16.8. The molecule has 1 atom stereocenters. The molecule has 0 aliphatic carbocycles. The third-order valence-electron chi connectivity index (χ3n) is 4.46. The van der Waals surface area contributed by atoms with Crippen molar-refractivity contribution < 1.29 is 0 Å². The number of piperidine rings is 1. The van der Waals surface area contributed by atoms with E-state index in [4.69, 9.17) is 0 Å². The molecule has 0 saturated carbocycles. The van der Waals surface area contributed by atoms with E-state index in [9.17, 15) is 0 Å². The topological polar surface area (TPSA) is 30.9 Å². The number of rotatable bonds is 5. The molecule has 1 N–H and O–H groups in total. The van der Waals surface area contributed by atoms with Gasteiger partial charge in [0.1, 0.15) is 0 Å². The molecule has 0 radical (unpaired) electrons. The lowest BCUT2D eigenvalue weighted by Gasteiger charge is -2.33. The van der Waals surface area contributed by atoms with Gasteiger partial charge < -0.3 is 10.2 Å². The highest BCUT2D eigenvalue weighted by Crippen LogP contribution is 2.15. The highest BCUT2D eigenvalue weighted by Gasteiger charge is 2.17. The van der Waals surface area contributed by atoms with E-state index >= 15 is 0 Å². The molecule has 1 aromatic carbocycles. The fourth-order valence-corrected chi connectivity index (χ4v) is 3.12. The predicted molar refractivity (Wildman–Crippen MR) is 94.2 cm³/mol. The summed E-state index contributed by atoms with van der Waals surface area (Å²) < 4.78 is 0. The Hall–Kier alpha value is -1.55. The van der Waals surface area contributed by atoms with Gasteiger partial charge in [-0.3, -0.25) is 9.89 Å². The number of hydrogen-bond donors (Lipinski definition) is 1. The molecule has 1 saturated heterocycles. The first-order chi connectivity index (χ1) is 10.7. The van der Waals surface area contributed by atoms with E-state index in [-0.39, 0.29) is 0 Å². The number of nitrogens with one attached hydrogen (secondary N) is 1. The van der Waals surface area contributed by atoms with E-state index in [2.05, 4.69) is 64.4 Å². The van der Waals surface area contributed by atoms with Gasteiger partial charge in [0.05, 0.1) is 0 Å². The smallest absolute Gasteiger partial charge is 0.193 e. The lowest BCUT2D eigenvalue weighted by Crippen LogP contribution is -2.45. The van der Waals surface area contributed by atoms with Crippen molar-refractivity contribution in [3.63, 3.8) is 0 Å². The normalized spacial score (nSPS) is 20.0. The van der Waals surface area contributed by atoms with Crippen LogP contribution in [0.2, 0.25) is 0 Å². The van der Waals surface area contributed by atoms with Crippen molar-refractivity contribution in [1.82, 2.24) is 15.1 Å². The summed E-state index contributed by atoms with van der Waals surface area (Å²) in [7, 11) is 3.94. The third-order valence-corrected chi connectivity index (χ3v) is 4.46. The summed E-state index contributed by atoms with van der Waals surface area (Å²) in [6.45, 7) is 6.51. The molecule has 4 heteroatoms. The van der Waals surface area contributed by atoms with E-state index < -0.39 is 0 Å². The van der Waals surface area contributed by atoms with E-state index in [0.717, 1.165) is 31.6 Å². The summed E-state index contributed by atoms with van der Waals surface area (Å²) in [5.41, 5.74) is 1.30. The highest BCUT2D eigenvalue weighted by atomic mass is 15.3. The molecule has 1 aromatic rings. The van der Waals surface area contributed by atoms with Crippen LogP contribution in [0.15, 0.2) is 35.3 Å². The lowest BCUT2D eigenvalue weighted by molar-refractivity contribution is 0.163. The molecule has 4 nitrogen and oxygen atoms in total. The second kappa shape index (κ2) is 8.79. The van der Waals surface area contributed by atoms with Crippen LogP contribution in [0.25, 0.3) is 0 Å². The average molecular weight is 302 g/mol. The standard InChI is InChI=1S/C18H30N4/c1-16-9-7-8-13-22(16)14-12-20-18(19-2)21(3)15-17-10-5-4-6-11-17/h4-6,10-11,16H,7-9,12-15H2,1-3H3,(H,19,20). The SMILES string of the molecule is CN=C(NCCN1CCCCC1C)N(C)Cc1ccccc1. The zero-order valence-electron chi connectivity index (χ0n) is 14.3. The van der Waals surface area contributed by atoms with Crippen molar-refractivity contribution >= 4 is 5.96 Å². The maximum absolute atomic E-state index is 4.40. The largest absolute Gasteiger partial charge is 0.355 e. The van der Waals surface area contributed by atoms with Crippen molar-refractivity contribution in [2.24, 2.45) is 4.99 Å². The molecule has 0 amide bonds. The Kier molecular flexibility index (Phi) is 6.72. The molecule has 1 aliphatic rings. The van der Waals surface area contributed by atoms with Gasteiger partial charge >= 0.3 is 0 Å². The van der Waals surface area contributed by atoms with Crippen LogP contribution in [0.5, 0.6) is 0 Å². The summed E-state index contributed by atoms with van der Waals surface area (Å²) in [6, 6.07) is 11.2. The minimum Gasteiger partial charge on any atom is -0.355 e. The Labute approximate surface area is 135 Å². The Morgan fingerprint density at radius 3 is 2.77 bits per heavy atom. The van der Waals surface area contributed by atoms with Gasteiger partial charge in [-0.15, -0.1) is 0 Å². The molecule has 1 unspecified atom stereocenters. The van der Waals surface area contributed by atoms with Gasteiger partial charge in [-0.2, -0.15) is 0 Å². The van der Waals surface area contributed by atoms with Crippen LogP contribution in [0.4, 0.5) is 0 Å². The minimum atomic E-state index is 0.722. The molecule has 22 heavy (non-hydrogen) atoms. The Morgan fingerprint density at radius 1 is 1.32 bits per heavy atom. The van der Waals surface area contributed by atoms with Gasteiger partial charge in [-0.05, 0) is 31.9 Å². The van der Waals surface area contributed by atoms with E-state index in [1.54, 1.807) is 0 Å². The van der Waals surface area contributed by atoms with Crippen LogP contribution in [0, 0.1) is 0 Å². The Bertz CT molecular complexity index is 457. The van der Waals surface area contributed by atoms with E-state index in [1.807, 2.05) is 7.05 Å². The molecule has 2 rings (SSSR count). The van der Waals surface area contributed by atoms with Crippen LogP contribution in [0.3, 0.4) is 0 Å². The average Bonchev–Trinajstić information content (AvgIpc) is 2.54. The maximum atomic E-state index is 4.40. The van der Waals surface area contributed by atoms with Crippen molar-refractivity contribution in [2.75, 3.05) is 33.7 Å². The van der Waals surface area contributed by atoms with Crippen molar-refractivity contribution in [3.05, 3.63) is 35.9 Å². The summed E-state index contributed by atoms with van der Waals surface area (Å²) in [5, 5.41) is 3.49. The number of likely N-dealkylation sites (tertiary alicyclic amines) is 1. The summed E-state index contributed by atoms with van der Waals surface area (Å²) in [6.07, 6.45) is 4.06. The van der Waals surface area contributed by atoms with Crippen molar-refractivity contribution in [1.29, 1.82) is 0 Å². The quantitative estimate of drug-likeness (QED) is 0.670. The summed E-state index contributed by atoms with van der Waals surface area (Å²) in [4.78, 5) is 9.16. The number of aliphatic imine (C=N–C) groups is 1. The van der Waals surface area contributed by atoms with Crippen molar-refractivity contribution in [3.8, 4) is 0 Å². The van der Waals surface area contributed by atoms with Crippen LogP contribution in [-0.2, 0) is 6.54 Å². The second-order valence-electron chi connectivity index (χ2n) is 6.20. The molecular formula is C18H30N4. The van der Waals surface area contributed by atoms with Gasteiger partial charge in [-0.1, -0.05) is 36.8 Å². The number of guanidine groups is 1. The first-order valence-electron chi connectivity index (χ1n) is 8.40. The fraction of sp³-hybridized carbons (Fsp3) is 0.611. The van der Waals surface area contributed by atoms with Crippen LogP contribution in [-0.4, -0.2) is 55.5 Å². The van der Waals surface area contributed by atoms with E-state index in [0.29, 0.717) is 0 Å². The molecule has 0 bridgehead atoms. The van der Waals surface area contributed by atoms with Gasteiger partial charge in [0.2, 0.25) is 0 Å². The molecule has 1 fully saturated rings. The zero-order valence-corrected chi connectivity index (χ0v) is 14.3. The fourth-order valence-electron chi connectivity index (χ4n) is 3.12. The molecular weight excluding hydrogens is 272 g/mol. The predicted octanol–water partition coefficient (Wildman–Crippen LogP) is 2.57. The molecule has 122 valence electrons. The third kappa shape index (κ3) is 5.02. The number of nitrogens with zero attached hydrogens (tertiary/aromatic N) is 3. The van der Waals surface area contributed by atoms with Gasteiger partial charge in [-0.25, -0.2) is 0 Å². The Balaban J connectivity index is 1.77.